The van der Waals surface area contributed by atoms with Crippen molar-refractivity contribution in [2.24, 2.45) is 0 Å². The second-order valence-electron chi connectivity index (χ2n) is 2.65. The van der Waals surface area contributed by atoms with Gasteiger partial charge in [-0.25, -0.2) is 4.21 Å². The standard InChI is InChI=1S/C8H12N2O3S/c9-7-5-6(10-3-4-11)1-2-8(7)14(12)13/h1-2,5,10-11H,3-4,9H2,(H,12,13). The van der Waals surface area contributed by atoms with Crippen LogP contribution in [0.3, 0.4) is 0 Å². The summed E-state index contributed by atoms with van der Waals surface area (Å²) in [5.74, 6) is 0. The largest absolute Gasteiger partial charge is 0.398 e. The highest BCUT2D eigenvalue weighted by Gasteiger charge is 2.05. The molecule has 0 saturated heterocycles. The van der Waals surface area contributed by atoms with E-state index in [0.29, 0.717) is 12.2 Å². The molecule has 0 bridgehead atoms. The predicted molar refractivity (Wildman–Crippen MR) is 55.5 cm³/mol. The summed E-state index contributed by atoms with van der Waals surface area (Å²) in [7, 11) is 0. The lowest BCUT2D eigenvalue weighted by atomic mass is 10.3. The summed E-state index contributed by atoms with van der Waals surface area (Å²) in [5, 5.41) is 11.4. The summed E-state index contributed by atoms with van der Waals surface area (Å²) in [5.41, 5.74) is 6.51. The molecule has 1 unspecified atom stereocenters. The molecule has 0 amide bonds. The number of hydrogen-bond donors (Lipinski definition) is 4. The quantitative estimate of drug-likeness (QED) is 0.427. The first-order valence-electron chi connectivity index (χ1n) is 4.00. The van der Waals surface area contributed by atoms with Crippen molar-refractivity contribution in [3.8, 4) is 0 Å². The van der Waals surface area contributed by atoms with Gasteiger partial charge in [-0.3, -0.25) is 0 Å². The van der Waals surface area contributed by atoms with Crippen LogP contribution in [0.15, 0.2) is 23.1 Å². The first kappa shape index (κ1) is 11.0. The number of anilines is 2. The molecule has 78 valence electrons. The number of aliphatic hydroxyl groups excluding tert-OH is 1. The molecule has 1 rings (SSSR count). The monoisotopic (exact) mass is 216 g/mol. The van der Waals surface area contributed by atoms with Gasteiger partial charge in [-0.05, 0) is 18.2 Å². The molecule has 0 aliphatic rings. The van der Waals surface area contributed by atoms with E-state index in [1.54, 1.807) is 12.1 Å². The highest BCUT2D eigenvalue weighted by molar-refractivity contribution is 7.79. The second kappa shape index (κ2) is 4.94. The van der Waals surface area contributed by atoms with Crippen LogP contribution in [0.25, 0.3) is 0 Å². The molecule has 0 saturated carbocycles. The maximum Gasteiger partial charge on any atom is 0.188 e. The highest BCUT2D eigenvalue weighted by atomic mass is 32.2. The molecule has 5 N–H and O–H groups in total. The van der Waals surface area contributed by atoms with Crippen molar-refractivity contribution in [3.63, 3.8) is 0 Å². The van der Waals surface area contributed by atoms with Crippen LogP contribution in [-0.2, 0) is 11.1 Å². The van der Waals surface area contributed by atoms with Crippen LogP contribution in [0.5, 0.6) is 0 Å². The molecule has 0 aromatic heterocycles. The van der Waals surface area contributed by atoms with Gasteiger partial charge < -0.3 is 20.7 Å². The molecule has 1 atom stereocenters. The Bertz CT molecular complexity index is 343. The van der Waals surface area contributed by atoms with E-state index in [9.17, 15) is 4.21 Å². The number of nitrogen functional groups attached to an aromatic ring is 1. The Balaban J connectivity index is 2.83. The topological polar surface area (TPSA) is 95.6 Å². The maximum absolute atomic E-state index is 10.7. The number of hydrogen-bond acceptors (Lipinski definition) is 4. The van der Waals surface area contributed by atoms with Crippen molar-refractivity contribution in [3.05, 3.63) is 18.2 Å². The van der Waals surface area contributed by atoms with Crippen LogP contribution in [0.1, 0.15) is 0 Å². The lowest BCUT2D eigenvalue weighted by Crippen LogP contribution is -2.06. The summed E-state index contributed by atoms with van der Waals surface area (Å²) in [6.07, 6.45) is 0. The summed E-state index contributed by atoms with van der Waals surface area (Å²) in [6.45, 7) is 0.439. The first-order valence-corrected chi connectivity index (χ1v) is 5.11. The average molecular weight is 216 g/mol. The number of nitrogens with two attached hydrogens (primary N) is 1. The Morgan fingerprint density at radius 1 is 1.50 bits per heavy atom. The summed E-state index contributed by atoms with van der Waals surface area (Å²) >= 11 is -2.06. The molecular weight excluding hydrogens is 204 g/mol. The summed E-state index contributed by atoms with van der Waals surface area (Å²) < 4.78 is 19.5. The van der Waals surface area contributed by atoms with Crippen LogP contribution >= 0.6 is 0 Å². The molecule has 0 heterocycles. The minimum absolute atomic E-state index is 0.0214. The molecular formula is C8H12N2O3S. The third-order valence-corrected chi connectivity index (χ3v) is 2.39. The third kappa shape index (κ3) is 2.69. The smallest absolute Gasteiger partial charge is 0.188 e. The van der Waals surface area contributed by atoms with E-state index in [1.807, 2.05) is 0 Å². The molecule has 6 heteroatoms. The van der Waals surface area contributed by atoms with Crippen molar-refractivity contribution in [2.45, 2.75) is 4.90 Å². The van der Waals surface area contributed by atoms with Crippen LogP contribution in [0.2, 0.25) is 0 Å². The fourth-order valence-electron chi connectivity index (χ4n) is 1.02. The minimum atomic E-state index is -2.06. The fraction of sp³-hybridized carbons (Fsp3) is 0.250. The van der Waals surface area contributed by atoms with E-state index in [4.69, 9.17) is 15.4 Å². The van der Waals surface area contributed by atoms with Gasteiger partial charge in [0, 0.05) is 12.2 Å². The molecule has 14 heavy (non-hydrogen) atoms. The third-order valence-electron chi connectivity index (χ3n) is 1.64. The van der Waals surface area contributed by atoms with Gasteiger partial charge in [-0.15, -0.1) is 0 Å². The van der Waals surface area contributed by atoms with Gasteiger partial charge in [0.25, 0.3) is 0 Å². The lowest BCUT2D eigenvalue weighted by molar-refractivity contribution is 0.311. The van der Waals surface area contributed by atoms with E-state index in [0.717, 1.165) is 0 Å². The molecule has 5 nitrogen and oxygen atoms in total. The zero-order valence-corrected chi connectivity index (χ0v) is 8.25. The number of nitrogens with one attached hydrogen (secondary N) is 1. The molecule has 1 aromatic rings. The molecule has 0 spiro atoms. The van der Waals surface area contributed by atoms with E-state index in [1.165, 1.54) is 6.07 Å². The van der Waals surface area contributed by atoms with Gasteiger partial charge in [-0.1, -0.05) is 0 Å². The summed E-state index contributed by atoms with van der Waals surface area (Å²) in [4.78, 5) is 0.194. The normalized spacial score (nSPS) is 12.4. The van der Waals surface area contributed by atoms with Crippen LogP contribution in [0, 0.1) is 0 Å². The number of aliphatic hydroxyl groups is 1. The minimum Gasteiger partial charge on any atom is -0.398 e. The van der Waals surface area contributed by atoms with Gasteiger partial charge in [0.2, 0.25) is 0 Å². The lowest BCUT2D eigenvalue weighted by Gasteiger charge is -2.06. The average Bonchev–Trinajstić information content (AvgIpc) is 2.14. The van der Waals surface area contributed by atoms with Crippen molar-refractivity contribution >= 4 is 22.5 Å². The van der Waals surface area contributed by atoms with Crippen LogP contribution in [-0.4, -0.2) is 27.0 Å². The zero-order valence-electron chi connectivity index (χ0n) is 7.43. The van der Waals surface area contributed by atoms with Crippen LogP contribution in [0.4, 0.5) is 11.4 Å². The van der Waals surface area contributed by atoms with Gasteiger partial charge in [0.1, 0.15) is 0 Å². The van der Waals surface area contributed by atoms with Gasteiger partial charge >= 0.3 is 0 Å². The Kier molecular flexibility index (Phi) is 3.87. The number of benzene rings is 1. The first-order chi connectivity index (χ1) is 6.65. The molecule has 0 aliphatic heterocycles. The SMILES string of the molecule is Nc1cc(NCCO)ccc1S(=O)O. The van der Waals surface area contributed by atoms with E-state index in [-0.39, 0.29) is 17.2 Å². The highest BCUT2D eigenvalue weighted by Crippen LogP contribution is 2.20. The van der Waals surface area contributed by atoms with Crippen molar-refractivity contribution in [2.75, 3.05) is 24.2 Å². The van der Waals surface area contributed by atoms with E-state index in [2.05, 4.69) is 5.32 Å². The summed E-state index contributed by atoms with van der Waals surface area (Å²) in [6, 6.07) is 4.67. The molecule has 1 aromatic carbocycles. The Morgan fingerprint density at radius 3 is 2.71 bits per heavy atom. The molecule has 0 radical (unpaired) electrons. The van der Waals surface area contributed by atoms with Crippen LogP contribution < -0.4 is 11.1 Å². The molecule has 0 aliphatic carbocycles. The zero-order chi connectivity index (χ0) is 10.6. The number of rotatable bonds is 4. The van der Waals surface area contributed by atoms with Gasteiger partial charge in [0.15, 0.2) is 11.1 Å². The fourth-order valence-corrected chi connectivity index (χ4v) is 1.46. The maximum atomic E-state index is 10.7. The van der Waals surface area contributed by atoms with Crippen molar-refractivity contribution < 1.29 is 13.9 Å². The molecule has 0 fully saturated rings. The van der Waals surface area contributed by atoms with Crippen molar-refractivity contribution in [1.82, 2.24) is 0 Å². The Hall–Kier alpha value is -1.11. The van der Waals surface area contributed by atoms with E-state index >= 15 is 0 Å². The Morgan fingerprint density at radius 2 is 2.21 bits per heavy atom. The van der Waals surface area contributed by atoms with Crippen molar-refractivity contribution in [1.29, 1.82) is 0 Å². The predicted octanol–water partition coefficient (Wildman–Crippen LogP) is 0.254. The second-order valence-corrected chi connectivity index (χ2v) is 3.59. The van der Waals surface area contributed by atoms with E-state index < -0.39 is 11.1 Å². The van der Waals surface area contributed by atoms with Gasteiger partial charge in [-0.2, -0.15) is 0 Å². The van der Waals surface area contributed by atoms with Gasteiger partial charge in [0.05, 0.1) is 17.2 Å². The Labute approximate surface area is 84.2 Å².